The van der Waals surface area contributed by atoms with Gasteiger partial charge >= 0.3 is 11.4 Å². The molecule has 0 fully saturated rings. The van der Waals surface area contributed by atoms with Gasteiger partial charge in [0.15, 0.2) is 0 Å². The van der Waals surface area contributed by atoms with E-state index in [9.17, 15) is 4.21 Å². The van der Waals surface area contributed by atoms with Crippen LogP contribution >= 0.6 is 11.6 Å². The predicted octanol–water partition coefficient (Wildman–Crippen LogP) is 2.64. The molecule has 0 bridgehead atoms. The third kappa shape index (κ3) is 3.38. The van der Waals surface area contributed by atoms with Crippen molar-refractivity contribution >= 4 is 23.0 Å². The van der Waals surface area contributed by atoms with E-state index in [1.807, 2.05) is 24.3 Å². The molecule has 0 radical (unpaired) electrons. The van der Waals surface area contributed by atoms with Gasteiger partial charge in [-0.15, -0.1) is 11.6 Å². The van der Waals surface area contributed by atoms with E-state index in [0.717, 1.165) is 11.1 Å². The lowest BCUT2D eigenvalue weighted by atomic mass is 10.1. The van der Waals surface area contributed by atoms with Gasteiger partial charge in [0.25, 0.3) is 0 Å². The first kappa shape index (κ1) is 11.7. The van der Waals surface area contributed by atoms with E-state index in [2.05, 4.69) is 0 Å². The van der Waals surface area contributed by atoms with Crippen molar-refractivity contribution in [1.29, 1.82) is 0 Å². The minimum Gasteiger partial charge on any atom is -0.284 e. The van der Waals surface area contributed by atoms with Gasteiger partial charge in [-0.1, -0.05) is 24.3 Å². The molecule has 1 N–H and O–H groups in total. The highest BCUT2D eigenvalue weighted by atomic mass is 35.5. The molecule has 14 heavy (non-hydrogen) atoms. The molecule has 1 aromatic rings. The third-order valence-electron chi connectivity index (χ3n) is 1.83. The molecule has 0 spiro atoms. The van der Waals surface area contributed by atoms with Crippen LogP contribution in [0.4, 0.5) is 0 Å². The molecule has 5 heteroatoms. The molecule has 0 aliphatic carbocycles. The quantitative estimate of drug-likeness (QED) is 0.644. The molecule has 0 saturated carbocycles. The summed E-state index contributed by atoms with van der Waals surface area (Å²) in [6, 6.07) is 7.38. The fraction of sp³-hybridized carbons (Fsp3) is 0.333. The summed E-state index contributed by atoms with van der Waals surface area (Å²) in [6.45, 7) is 1.71. The molecular weight excluding hydrogens is 224 g/mol. The third-order valence-corrected chi connectivity index (χ3v) is 2.59. The highest BCUT2D eigenvalue weighted by molar-refractivity contribution is 7.74. The monoisotopic (exact) mass is 234 g/mol. The summed E-state index contributed by atoms with van der Waals surface area (Å²) in [5.74, 6) is 0.460. The molecule has 3 nitrogen and oxygen atoms in total. The van der Waals surface area contributed by atoms with Gasteiger partial charge in [-0.3, -0.25) is 8.74 Å². The molecule has 1 aromatic carbocycles. The molecule has 0 aliphatic rings. The molecule has 0 aromatic heterocycles. The summed E-state index contributed by atoms with van der Waals surface area (Å²) < 4.78 is 23.6. The van der Waals surface area contributed by atoms with E-state index >= 15 is 0 Å². The van der Waals surface area contributed by atoms with Crippen molar-refractivity contribution in [3.63, 3.8) is 0 Å². The Hall–Kier alpha value is -0.420. The van der Waals surface area contributed by atoms with Crippen LogP contribution in [0.5, 0.6) is 0 Å². The normalized spacial score (nSPS) is 15.1. The van der Waals surface area contributed by atoms with Crippen molar-refractivity contribution in [3.05, 3.63) is 35.4 Å². The van der Waals surface area contributed by atoms with Gasteiger partial charge in [-0.05, 0) is 18.1 Å². The molecular formula is C9H11ClO3S. The van der Waals surface area contributed by atoms with Crippen molar-refractivity contribution in [1.82, 2.24) is 0 Å². The summed E-state index contributed by atoms with van der Waals surface area (Å²) >= 11 is 3.39. The summed E-state index contributed by atoms with van der Waals surface area (Å²) in [5.41, 5.74) is 1.86. The average Bonchev–Trinajstić information content (AvgIpc) is 2.17. The highest BCUT2D eigenvalue weighted by Gasteiger charge is 2.08. The second kappa shape index (κ2) is 5.46. The molecule has 78 valence electrons. The molecule has 0 saturated heterocycles. The van der Waals surface area contributed by atoms with E-state index in [-0.39, 0.29) is 0 Å². The van der Waals surface area contributed by atoms with E-state index in [0.29, 0.717) is 5.88 Å². The van der Waals surface area contributed by atoms with Gasteiger partial charge in [0.05, 0.1) is 6.10 Å². The topological polar surface area (TPSA) is 46.5 Å². The highest BCUT2D eigenvalue weighted by Crippen LogP contribution is 2.18. The second-order valence-corrected chi connectivity index (χ2v) is 3.72. The van der Waals surface area contributed by atoms with Crippen molar-refractivity contribution in [2.45, 2.75) is 18.9 Å². The van der Waals surface area contributed by atoms with Gasteiger partial charge in [0.1, 0.15) is 0 Å². The minimum absolute atomic E-state index is 0.398. The van der Waals surface area contributed by atoms with Gasteiger partial charge in [0.2, 0.25) is 0 Å². The van der Waals surface area contributed by atoms with Crippen LogP contribution < -0.4 is 0 Å². The van der Waals surface area contributed by atoms with Crippen LogP contribution in [-0.4, -0.2) is 8.76 Å². The molecule has 1 rings (SSSR count). The Morgan fingerprint density at radius 3 is 2.50 bits per heavy atom. The van der Waals surface area contributed by atoms with E-state index in [1.165, 1.54) is 0 Å². The fourth-order valence-corrected chi connectivity index (χ4v) is 1.59. The maximum absolute atomic E-state index is 10.4. The van der Waals surface area contributed by atoms with E-state index in [1.54, 1.807) is 6.92 Å². The lowest BCUT2D eigenvalue weighted by molar-refractivity contribution is 0.227. The van der Waals surface area contributed by atoms with Crippen molar-refractivity contribution in [2.75, 3.05) is 0 Å². The largest absolute Gasteiger partial charge is 0.302 e. The Morgan fingerprint density at radius 2 is 2.07 bits per heavy atom. The van der Waals surface area contributed by atoms with Gasteiger partial charge in [0, 0.05) is 5.88 Å². The van der Waals surface area contributed by atoms with Gasteiger partial charge in [-0.25, -0.2) is 0 Å². The maximum Gasteiger partial charge on any atom is 0.302 e. The molecule has 0 heterocycles. The van der Waals surface area contributed by atoms with Gasteiger partial charge in [-0.2, -0.15) is 4.21 Å². The summed E-state index contributed by atoms with van der Waals surface area (Å²) in [7, 11) is 0. The minimum atomic E-state index is -2.23. The van der Waals surface area contributed by atoms with Crippen LogP contribution in [0, 0.1) is 0 Å². The van der Waals surface area contributed by atoms with Crippen LogP contribution in [0.1, 0.15) is 24.2 Å². The molecule has 2 atom stereocenters. The van der Waals surface area contributed by atoms with Crippen LogP contribution in [0.2, 0.25) is 0 Å². The van der Waals surface area contributed by atoms with Crippen molar-refractivity contribution in [2.24, 2.45) is 0 Å². The first-order valence-electron chi connectivity index (χ1n) is 4.06. The Bertz CT molecular complexity index is 312. The van der Waals surface area contributed by atoms with E-state index < -0.39 is 17.5 Å². The molecule has 2 unspecified atom stereocenters. The number of hydrogen-bond acceptors (Lipinski definition) is 2. The van der Waals surface area contributed by atoms with Crippen molar-refractivity contribution < 1.29 is 12.9 Å². The predicted molar refractivity (Wildman–Crippen MR) is 56.3 cm³/mol. The summed E-state index contributed by atoms with van der Waals surface area (Å²) in [5, 5.41) is 0. The van der Waals surface area contributed by atoms with Crippen LogP contribution in [-0.2, 0) is 21.4 Å². The number of hydrogen-bond donors (Lipinski definition) is 1. The maximum atomic E-state index is 10.4. The fourth-order valence-electron chi connectivity index (χ4n) is 1.06. The van der Waals surface area contributed by atoms with Crippen LogP contribution in [0.25, 0.3) is 0 Å². The van der Waals surface area contributed by atoms with Gasteiger partial charge < -0.3 is 0 Å². The zero-order valence-electron chi connectivity index (χ0n) is 7.64. The first-order chi connectivity index (χ1) is 6.63. The number of benzene rings is 1. The standard InChI is InChI=1S/C9H11ClO3S/c1-7(13-14(11)12)9-4-2-8(6-10)3-5-9/h2-5,7H,6H2,1H3,(H,11,12). The summed E-state index contributed by atoms with van der Waals surface area (Å²) in [4.78, 5) is 0. The van der Waals surface area contributed by atoms with Crippen LogP contribution in [0.15, 0.2) is 24.3 Å². The van der Waals surface area contributed by atoms with E-state index in [4.69, 9.17) is 20.3 Å². The lowest BCUT2D eigenvalue weighted by Crippen LogP contribution is -2.02. The first-order valence-corrected chi connectivity index (χ1v) is 5.63. The number of halogens is 1. The smallest absolute Gasteiger partial charge is 0.284 e. The number of alkyl halides is 1. The molecule has 0 aliphatic heterocycles. The average molecular weight is 235 g/mol. The molecule has 0 amide bonds. The Morgan fingerprint density at radius 1 is 1.50 bits per heavy atom. The second-order valence-electron chi connectivity index (χ2n) is 2.83. The SMILES string of the molecule is CC(OS(=O)O)c1ccc(CCl)cc1. The summed E-state index contributed by atoms with van der Waals surface area (Å²) in [6.07, 6.45) is -0.398. The zero-order valence-corrected chi connectivity index (χ0v) is 9.22. The zero-order chi connectivity index (χ0) is 10.6. The Labute approximate surface area is 90.5 Å². The van der Waals surface area contributed by atoms with Crippen molar-refractivity contribution in [3.8, 4) is 0 Å². The van der Waals surface area contributed by atoms with Crippen LogP contribution in [0.3, 0.4) is 0 Å². The number of rotatable bonds is 4. The lowest BCUT2D eigenvalue weighted by Gasteiger charge is -2.09. The Balaban J connectivity index is 2.71. The Kier molecular flexibility index (Phi) is 4.54.